The smallest absolute Gasteiger partial charge is 0.416 e. The van der Waals surface area contributed by atoms with Gasteiger partial charge in [0.1, 0.15) is 5.75 Å². The molecule has 168 valence electrons. The molecule has 1 amide bonds. The first-order valence-corrected chi connectivity index (χ1v) is 9.90. The molecular weight excluding hydrogens is 433 g/mol. The van der Waals surface area contributed by atoms with Crippen molar-refractivity contribution < 1.29 is 22.7 Å². The van der Waals surface area contributed by atoms with Gasteiger partial charge in [-0.2, -0.15) is 13.2 Å². The SMILES string of the molecule is COc1cnccc1C(=O)N(C)c1ccc(-c2ncc3cc(C(F)(F)F)ccc3n2)cc1C. The van der Waals surface area contributed by atoms with E-state index in [9.17, 15) is 18.0 Å². The van der Waals surface area contributed by atoms with Crippen LogP contribution in [0.3, 0.4) is 0 Å². The van der Waals surface area contributed by atoms with E-state index in [0.29, 0.717) is 39.3 Å². The standard InChI is InChI=1S/C24H19F3N4O2/c1-14-10-15(22-29-12-16-11-17(24(25,26)27)5-6-19(16)30-22)4-7-20(14)31(2)23(32)18-8-9-28-13-21(18)33-3/h4-13H,1-3H3. The predicted molar refractivity (Wildman–Crippen MR) is 118 cm³/mol. The van der Waals surface area contributed by atoms with Crippen LogP contribution in [0.4, 0.5) is 18.9 Å². The zero-order valence-corrected chi connectivity index (χ0v) is 18.0. The zero-order valence-electron chi connectivity index (χ0n) is 18.0. The van der Waals surface area contributed by atoms with E-state index in [1.165, 1.54) is 36.7 Å². The molecule has 9 heteroatoms. The number of hydrogen-bond donors (Lipinski definition) is 0. The fraction of sp³-hybridized carbons (Fsp3) is 0.167. The summed E-state index contributed by atoms with van der Waals surface area (Å²) in [5, 5.41) is 0.304. The summed E-state index contributed by atoms with van der Waals surface area (Å²) in [7, 11) is 3.14. The molecule has 0 N–H and O–H groups in total. The number of carbonyl (C=O) groups is 1. The van der Waals surface area contributed by atoms with Crippen molar-refractivity contribution in [3.05, 3.63) is 77.7 Å². The average Bonchev–Trinajstić information content (AvgIpc) is 2.81. The number of aromatic nitrogens is 3. The molecule has 0 aliphatic carbocycles. The minimum Gasteiger partial charge on any atom is -0.494 e. The molecule has 2 aromatic carbocycles. The number of rotatable bonds is 4. The van der Waals surface area contributed by atoms with E-state index < -0.39 is 11.7 Å². The van der Waals surface area contributed by atoms with Gasteiger partial charge >= 0.3 is 6.18 Å². The normalized spacial score (nSPS) is 11.5. The van der Waals surface area contributed by atoms with Gasteiger partial charge < -0.3 is 9.64 Å². The van der Waals surface area contributed by atoms with Gasteiger partial charge in [-0.15, -0.1) is 0 Å². The lowest BCUT2D eigenvalue weighted by Crippen LogP contribution is -2.27. The van der Waals surface area contributed by atoms with Gasteiger partial charge in [-0.25, -0.2) is 9.97 Å². The van der Waals surface area contributed by atoms with Crippen LogP contribution in [0, 0.1) is 6.92 Å². The maximum Gasteiger partial charge on any atom is 0.416 e. The molecule has 2 heterocycles. The summed E-state index contributed by atoms with van der Waals surface area (Å²) in [4.78, 5) is 27.1. The molecule has 0 saturated heterocycles. The molecule has 0 atom stereocenters. The third-order valence-electron chi connectivity index (χ3n) is 5.26. The minimum absolute atomic E-state index is 0.257. The van der Waals surface area contributed by atoms with E-state index in [1.54, 1.807) is 25.2 Å². The Balaban J connectivity index is 1.64. The van der Waals surface area contributed by atoms with Gasteiger partial charge in [0.25, 0.3) is 5.91 Å². The number of methoxy groups -OCH3 is 1. The maximum atomic E-state index is 13.0. The number of benzene rings is 2. The summed E-state index contributed by atoms with van der Waals surface area (Å²) in [6, 6.07) is 10.3. The van der Waals surface area contributed by atoms with Crippen LogP contribution in [-0.4, -0.2) is 35.0 Å². The molecule has 0 aliphatic heterocycles. The van der Waals surface area contributed by atoms with E-state index in [0.717, 1.165) is 17.7 Å². The van der Waals surface area contributed by atoms with Crippen molar-refractivity contribution in [1.82, 2.24) is 15.0 Å². The number of carbonyl (C=O) groups excluding carboxylic acids is 1. The Morgan fingerprint density at radius 1 is 1.06 bits per heavy atom. The van der Waals surface area contributed by atoms with Gasteiger partial charge in [0, 0.05) is 36.1 Å². The first-order valence-electron chi connectivity index (χ1n) is 9.90. The summed E-state index contributed by atoms with van der Waals surface area (Å²) in [5.41, 5.74) is 2.21. The van der Waals surface area contributed by atoms with Crippen LogP contribution in [0.5, 0.6) is 5.75 Å². The quantitative estimate of drug-likeness (QED) is 0.420. The van der Waals surface area contributed by atoms with Crippen molar-refractivity contribution in [2.45, 2.75) is 13.1 Å². The lowest BCUT2D eigenvalue weighted by molar-refractivity contribution is -0.137. The van der Waals surface area contributed by atoms with E-state index >= 15 is 0 Å². The lowest BCUT2D eigenvalue weighted by Gasteiger charge is -2.21. The third-order valence-corrected chi connectivity index (χ3v) is 5.26. The predicted octanol–water partition coefficient (Wildman–Crippen LogP) is 5.30. The van der Waals surface area contributed by atoms with E-state index in [1.807, 2.05) is 13.0 Å². The van der Waals surface area contributed by atoms with Crippen molar-refractivity contribution in [3.8, 4) is 17.1 Å². The number of amides is 1. The molecular formula is C24H19F3N4O2. The Labute approximate surface area is 187 Å². The third kappa shape index (κ3) is 4.34. The average molecular weight is 452 g/mol. The topological polar surface area (TPSA) is 68.2 Å². The van der Waals surface area contributed by atoms with Crippen molar-refractivity contribution in [2.75, 3.05) is 19.1 Å². The molecule has 0 unspecified atom stereocenters. The van der Waals surface area contributed by atoms with E-state index in [4.69, 9.17) is 4.74 Å². The summed E-state index contributed by atoms with van der Waals surface area (Å²) in [6.45, 7) is 1.85. The fourth-order valence-electron chi connectivity index (χ4n) is 3.53. The van der Waals surface area contributed by atoms with Gasteiger partial charge in [-0.1, -0.05) is 0 Å². The summed E-state index contributed by atoms with van der Waals surface area (Å²) >= 11 is 0. The van der Waals surface area contributed by atoms with Crippen molar-refractivity contribution in [3.63, 3.8) is 0 Å². The number of aryl methyl sites for hydroxylation is 1. The van der Waals surface area contributed by atoms with E-state index in [-0.39, 0.29) is 5.91 Å². The van der Waals surface area contributed by atoms with Crippen LogP contribution in [0.2, 0.25) is 0 Å². The number of nitrogens with zero attached hydrogens (tertiary/aromatic N) is 4. The highest BCUT2D eigenvalue weighted by atomic mass is 19.4. The molecule has 0 fully saturated rings. The molecule has 33 heavy (non-hydrogen) atoms. The molecule has 0 bridgehead atoms. The molecule has 6 nitrogen and oxygen atoms in total. The highest BCUT2D eigenvalue weighted by Gasteiger charge is 2.30. The Bertz CT molecular complexity index is 1360. The molecule has 0 saturated carbocycles. The second-order valence-electron chi connectivity index (χ2n) is 7.41. The first kappa shape index (κ1) is 22.2. The Morgan fingerprint density at radius 2 is 1.85 bits per heavy atom. The lowest BCUT2D eigenvalue weighted by atomic mass is 10.1. The van der Waals surface area contributed by atoms with Crippen LogP contribution < -0.4 is 9.64 Å². The molecule has 4 rings (SSSR count). The van der Waals surface area contributed by atoms with Gasteiger partial charge in [0.05, 0.1) is 30.0 Å². The Morgan fingerprint density at radius 3 is 2.55 bits per heavy atom. The highest BCUT2D eigenvalue weighted by molar-refractivity contribution is 6.07. The van der Waals surface area contributed by atoms with Gasteiger partial charge in [-0.3, -0.25) is 9.78 Å². The number of halogens is 3. The molecule has 0 aliphatic rings. The molecule has 2 aromatic heterocycles. The minimum atomic E-state index is -4.43. The highest BCUT2D eigenvalue weighted by Crippen LogP contribution is 2.32. The van der Waals surface area contributed by atoms with Crippen LogP contribution in [-0.2, 0) is 6.18 Å². The molecule has 0 radical (unpaired) electrons. The monoisotopic (exact) mass is 452 g/mol. The van der Waals surface area contributed by atoms with Crippen molar-refractivity contribution >= 4 is 22.5 Å². The second kappa shape index (κ2) is 8.50. The summed E-state index contributed by atoms with van der Waals surface area (Å²) in [5.74, 6) is 0.496. The van der Waals surface area contributed by atoms with Crippen molar-refractivity contribution in [2.24, 2.45) is 0 Å². The van der Waals surface area contributed by atoms with Gasteiger partial charge in [0.2, 0.25) is 0 Å². The first-order chi connectivity index (χ1) is 15.7. The second-order valence-corrected chi connectivity index (χ2v) is 7.41. The maximum absolute atomic E-state index is 13.0. The fourth-order valence-corrected chi connectivity index (χ4v) is 3.53. The van der Waals surface area contributed by atoms with Gasteiger partial charge in [-0.05, 0) is 55.0 Å². The summed E-state index contributed by atoms with van der Waals surface area (Å²) < 4.78 is 44.0. The zero-order chi connectivity index (χ0) is 23.8. The van der Waals surface area contributed by atoms with Crippen LogP contribution >= 0.6 is 0 Å². The molecule has 0 spiro atoms. The van der Waals surface area contributed by atoms with Gasteiger partial charge in [0.15, 0.2) is 5.82 Å². The van der Waals surface area contributed by atoms with Crippen LogP contribution in [0.1, 0.15) is 21.5 Å². The van der Waals surface area contributed by atoms with Crippen LogP contribution in [0.15, 0.2) is 61.1 Å². The number of pyridine rings is 1. The Kier molecular flexibility index (Phi) is 5.71. The molecule has 4 aromatic rings. The number of alkyl halides is 3. The number of fused-ring (bicyclic) bond motifs is 1. The largest absolute Gasteiger partial charge is 0.494 e. The Hall–Kier alpha value is -4.01. The summed E-state index contributed by atoms with van der Waals surface area (Å²) in [6.07, 6.45) is -0.0505. The number of ether oxygens (including phenoxy) is 1. The number of anilines is 1. The van der Waals surface area contributed by atoms with Crippen LogP contribution in [0.25, 0.3) is 22.3 Å². The van der Waals surface area contributed by atoms with Crippen molar-refractivity contribution in [1.29, 1.82) is 0 Å². The number of hydrogen-bond acceptors (Lipinski definition) is 5. The van der Waals surface area contributed by atoms with E-state index in [2.05, 4.69) is 15.0 Å².